The van der Waals surface area contributed by atoms with E-state index in [2.05, 4.69) is 22.5 Å². The smallest absolute Gasteiger partial charge is 0.313 e. The maximum atomic E-state index is 12.0. The molecule has 148 valence electrons. The van der Waals surface area contributed by atoms with Crippen LogP contribution in [-0.2, 0) is 15.7 Å². The minimum atomic E-state index is -0.240. The summed E-state index contributed by atoms with van der Waals surface area (Å²) in [5.74, 6) is 0.458. The SMILES string of the molecule is CCCCCCCCCCCCc1ccccc1OC(=O)CC(C)OP. The molecule has 1 rings (SSSR count). The molecule has 3 nitrogen and oxygen atoms in total. The molecule has 0 N–H and O–H groups in total. The van der Waals surface area contributed by atoms with Gasteiger partial charge < -0.3 is 9.26 Å². The van der Waals surface area contributed by atoms with E-state index >= 15 is 0 Å². The molecule has 26 heavy (non-hydrogen) atoms. The van der Waals surface area contributed by atoms with Crippen molar-refractivity contribution < 1.29 is 14.1 Å². The first-order chi connectivity index (χ1) is 12.7. The third-order valence-corrected chi connectivity index (χ3v) is 5.15. The van der Waals surface area contributed by atoms with Gasteiger partial charge in [0.15, 0.2) is 0 Å². The Bertz CT molecular complexity index is 490. The van der Waals surface area contributed by atoms with Crippen LogP contribution in [0.2, 0.25) is 0 Å². The first-order valence-corrected chi connectivity index (χ1v) is 10.8. The van der Waals surface area contributed by atoms with Crippen LogP contribution in [0.25, 0.3) is 0 Å². The van der Waals surface area contributed by atoms with E-state index < -0.39 is 0 Å². The van der Waals surface area contributed by atoms with Gasteiger partial charge in [0.1, 0.15) is 5.75 Å². The van der Waals surface area contributed by atoms with E-state index in [4.69, 9.17) is 9.26 Å². The van der Waals surface area contributed by atoms with Gasteiger partial charge in [-0.15, -0.1) is 0 Å². The van der Waals surface area contributed by atoms with Gasteiger partial charge in [0.05, 0.1) is 12.5 Å². The van der Waals surface area contributed by atoms with Crippen LogP contribution < -0.4 is 4.74 Å². The molecule has 0 heterocycles. The lowest BCUT2D eigenvalue weighted by atomic mass is 10.0. The van der Waals surface area contributed by atoms with E-state index in [1.54, 1.807) is 0 Å². The molecule has 0 aliphatic heterocycles. The van der Waals surface area contributed by atoms with Crippen LogP contribution in [0, 0.1) is 0 Å². The van der Waals surface area contributed by atoms with Gasteiger partial charge in [0, 0.05) is 9.47 Å². The van der Waals surface area contributed by atoms with E-state index in [1.165, 1.54) is 57.8 Å². The Labute approximate surface area is 162 Å². The van der Waals surface area contributed by atoms with Gasteiger partial charge in [0.2, 0.25) is 0 Å². The lowest BCUT2D eigenvalue weighted by molar-refractivity contribution is -0.135. The molecule has 0 aliphatic rings. The topological polar surface area (TPSA) is 35.5 Å². The number of benzene rings is 1. The normalized spacial score (nSPS) is 12.1. The maximum absolute atomic E-state index is 12.0. The summed E-state index contributed by atoms with van der Waals surface area (Å²) in [6.45, 7) is 4.11. The number of hydrogen-bond acceptors (Lipinski definition) is 3. The fraction of sp³-hybridized carbons (Fsp3) is 0.682. The molecule has 0 saturated heterocycles. The zero-order chi connectivity index (χ0) is 19.0. The number of rotatable bonds is 15. The summed E-state index contributed by atoms with van der Waals surface area (Å²) in [5, 5.41) is 0. The van der Waals surface area contributed by atoms with Crippen molar-refractivity contribution in [2.75, 3.05) is 0 Å². The fourth-order valence-corrected chi connectivity index (χ4v) is 3.16. The third-order valence-electron chi connectivity index (χ3n) is 4.68. The second kappa shape index (κ2) is 15.2. The van der Waals surface area contributed by atoms with Gasteiger partial charge in [-0.05, 0) is 31.4 Å². The number of ether oxygens (including phenoxy) is 1. The zero-order valence-electron chi connectivity index (χ0n) is 16.7. The highest BCUT2D eigenvalue weighted by atomic mass is 31.0. The number of carbonyl (C=O) groups excluding carboxylic acids is 1. The predicted molar refractivity (Wildman–Crippen MR) is 112 cm³/mol. The lowest BCUT2D eigenvalue weighted by Gasteiger charge is -2.12. The van der Waals surface area contributed by atoms with Crippen LogP contribution in [-0.4, -0.2) is 12.1 Å². The molecule has 1 aromatic carbocycles. The van der Waals surface area contributed by atoms with Crippen molar-refractivity contribution in [1.29, 1.82) is 0 Å². The molecule has 2 atom stereocenters. The van der Waals surface area contributed by atoms with Gasteiger partial charge in [-0.3, -0.25) is 4.79 Å². The summed E-state index contributed by atoms with van der Waals surface area (Å²) >= 11 is 0. The molecule has 0 radical (unpaired) electrons. The second-order valence-electron chi connectivity index (χ2n) is 7.16. The minimum absolute atomic E-state index is 0.151. The van der Waals surface area contributed by atoms with Crippen molar-refractivity contribution in [3.05, 3.63) is 29.8 Å². The van der Waals surface area contributed by atoms with E-state index in [9.17, 15) is 4.79 Å². The largest absolute Gasteiger partial charge is 0.426 e. The van der Waals surface area contributed by atoms with Crippen molar-refractivity contribution in [3.63, 3.8) is 0 Å². The minimum Gasteiger partial charge on any atom is -0.426 e. The highest BCUT2D eigenvalue weighted by Crippen LogP contribution is 2.22. The Kier molecular flexibility index (Phi) is 13.5. The van der Waals surface area contributed by atoms with Crippen LogP contribution in [0.1, 0.15) is 90.0 Å². The molecule has 0 spiro atoms. The molecule has 1 aromatic rings. The maximum Gasteiger partial charge on any atom is 0.313 e. The molecule has 0 aromatic heterocycles. The van der Waals surface area contributed by atoms with Gasteiger partial charge >= 0.3 is 5.97 Å². The standard InChI is InChI=1S/C22H37O3P/c1-3-4-5-6-7-8-9-10-11-12-15-20-16-13-14-17-21(20)24-22(23)18-19(2)25-26/h13-14,16-17,19H,3-12,15,18,26H2,1-2H3. The van der Waals surface area contributed by atoms with Crippen LogP contribution in [0.4, 0.5) is 0 Å². The molecule has 4 heteroatoms. The van der Waals surface area contributed by atoms with Gasteiger partial charge in [0.25, 0.3) is 0 Å². The highest BCUT2D eigenvalue weighted by Gasteiger charge is 2.12. The second-order valence-corrected chi connectivity index (χ2v) is 7.44. The van der Waals surface area contributed by atoms with Crippen molar-refractivity contribution in [1.82, 2.24) is 0 Å². The molecule has 2 unspecified atom stereocenters. The summed E-state index contributed by atoms with van der Waals surface area (Å²) in [6, 6.07) is 7.87. The number of unbranched alkanes of at least 4 members (excludes halogenated alkanes) is 9. The van der Waals surface area contributed by atoms with E-state index in [0.29, 0.717) is 5.75 Å². The Balaban J connectivity index is 2.21. The lowest BCUT2D eigenvalue weighted by Crippen LogP contribution is -2.16. The van der Waals surface area contributed by atoms with Crippen LogP contribution in [0.15, 0.2) is 24.3 Å². The molecule has 0 fully saturated rings. The number of para-hydroxylation sites is 1. The molecule has 0 bridgehead atoms. The number of aryl methyl sites for hydroxylation is 1. The van der Waals surface area contributed by atoms with Gasteiger partial charge in [-0.2, -0.15) is 0 Å². The van der Waals surface area contributed by atoms with Crippen molar-refractivity contribution >= 4 is 15.4 Å². The quantitative estimate of drug-likeness (QED) is 0.148. The molecule has 0 aliphatic carbocycles. The van der Waals surface area contributed by atoms with E-state index in [1.807, 2.05) is 25.1 Å². The van der Waals surface area contributed by atoms with E-state index in [-0.39, 0.29) is 18.5 Å². The summed E-state index contributed by atoms with van der Waals surface area (Å²) < 4.78 is 10.6. The summed E-state index contributed by atoms with van der Waals surface area (Å²) in [6.07, 6.45) is 14.4. The number of esters is 1. The van der Waals surface area contributed by atoms with Crippen LogP contribution in [0.5, 0.6) is 5.75 Å². The molecule has 0 saturated carbocycles. The number of hydrogen-bond donors (Lipinski definition) is 0. The van der Waals surface area contributed by atoms with Gasteiger partial charge in [-0.25, -0.2) is 0 Å². The third kappa shape index (κ3) is 10.9. The van der Waals surface area contributed by atoms with Crippen molar-refractivity contribution in [2.45, 2.75) is 97.0 Å². The first kappa shape index (κ1) is 23.1. The predicted octanol–water partition coefficient (Wildman–Crippen LogP) is 6.64. The number of carbonyl (C=O) groups is 1. The Morgan fingerprint density at radius 3 is 2.15 bits per heavy atom. The van der Waals surface area contributed by atoms with Crippen molar-refractivity contribution in [2.24, 2.45) is 0 Å². The van der Waals surface area contributed by atoms with Crippen LogP contribution >= 0.6 is 9.47 Å². The average Bonchev–Trinajstić information content (AvgIpc) is 2.64. The zero-order valence-corrected chi connectivity index (χ0v) is 17.8. The Hall–Kier alpha value is -0.920. The molecular weight excluding hydrogens is 343 g/mol. The fourth-order valence-electron chi connectivity index (χ4n) is 3.06. The molecular formula is C22H37O3P. The Morgan fingerprint density at radius 2 is 1.54 bits per heavy atom. The average molecular weight is 381 g/mol. The highest BCUT2D eigenvalue weighted by molar-refractivity contribution is 7.09. The van der Waals surface area contributed by atoms with Crippen LogP contribution in [0.3, 0.4) is 0 Å². The van der Waals surface area contributed by atoms with Crippen molar-refractivity contribution in [3.8, 4) is 5.75 Å². The van der Waals surface area contributed by atoms with Gasteiger partial charge in [-0.1, -0.05) is 82.9 Å². The Morgan fingerprint density at radius 1 is 0.962 bits per heavy atom. The first-order valence-electron chi connectivity index (χ1n) is 10.3. The summed E-state index contributed by atoms with van der Waals surface area (Å²) in [7, 11) is 2.19. The molecule has 0 amide bonds. The summed E-state index contributed by atoms with van der Waals surface area (Å²) in [5.41, 5.74) is 1.12. The summed E-state index contributed by atoms with van der Waals surface area (Å²) in [4.78, 5) is 12.0. The monoisotopic (exact) mass is 380 g/mol. The van der Waals surface area contributed by atoms with E-state index in [0.717, 1.165) is 18.4 Å².